The number of carbonyl (C=O) groups excluding carboxylic acids is 2. The van der Waals surface area contributed by atoms with Crippen LogP contribution in [-0.2, 0) is 62.5 Å². The van der Waals surface area contributed by atoms with E-state index in [-0.39, 0.29) is 44.2 Å². The summed E-state index contributed by atoms with van der Waals surface area (Å²) in [6.45, 7) is 0.350. The molecule has 5 aromatic rings. The molecule has 0 aromatic heterocycles. The quantitative estimate of drug-likeness (QED) is 0.106. The molecule has 0 radical (unpaired) electrons. The van der Waals surface area contributed by atoms with Gasteiger partial charge in [0.05, 0.1) is 44.2 Å². The molecule has 1 N–H and O–H groups in total. The maximum atomic E-state index is 13.7. The van der Waals surface area contributed by atoms with Crippen molar-refractivity contribution in [2.45, 2.75) is 75.1 Å². The lowest BCUT2D eigenvalue weighted by atomic mass is 9.97. The first kappa shape index (κ1) is 41.9. The highest BCUT2D eigenvalue weighted by molar-refractivity contribution is 5.90. The van der Waals surface area contributed by atoms with E-state index in [1.807, 2.05) is 91.0 Å². The number of methoxy groups -OCH3 is 1. The van der Waals surface area contributed by atoms with E-state index >= 15 is 0 Å². The minimum Gasteiger partial charge on any atom is -0.452 e. The monoisotopic (exact) mass is 804 g/mol. The van der Waals surface area contributed by atoms with Crippen molar-refractivity contribution in [3.8, 4) is 0 Å². The Labute approximate surface area is 343 Å². The minimum absolute atomic E-state index is 0.0246. The standard InChI is InChI=1S/C47H48O12/c1-51-46-43(59-45(50)36-25-15-6-16-26-36)40(58-44(49)35-23-13-5-14-24-35)38(31-55-46)57-47-42(54-29-34-21-11-4-12-22-34)41(53-28-33-19-9-3-10-20-33)39(48)37(56-47)30-52-27-32-17-7-2-8-18-32/h2-26,37-43,46-48H,27-31H2,1H3/t37-,38-,39-,40+,41+,42+,43-,46-,47+/m1/s1. The summed E-state index contributed by atoms with van der Waals surface area (Å²) in [7, 11) is 1.40. The maximum absolute atomic E-state index is 13.7. The number of carbonyl (C=O) groups is 2. The van der Waals surface area contributed by atoms with Crippen molar-refractivity contribution in [3.05, 3.63) is 179 Å². The fourth-order valence-electron chi connectivity index (χ4n) is 6.94. The summed E-state index contributed by atoms with van der Waals surface area (Å²) in [5, 5.41) is 12.0. The summed E-state index contributed by atoms with van der Waals surface area (Å²) >= 11 is 0. The van der Waals surface area contributed by atoms with E-state index in [9.17, 15) is 14.7 Å². The Morgan fingerprint density at radius 1 is 0.576 bits per heavy atom. The second-order valence-corrected chi connectivity index (χ2v) is 14.1. The van der Waals surface area contributed by atoms with E-state index in [0.717, 1.165) is 16.7 Å². The van der Waals surface area contributed by atoms with Crippen LogP contribution >= 0.6 is 0 Å². The molecule has 12 nitrogen and oxygen atoms in total. The largest absolute Gasteiger partial charge is 0.452 e. The highest BCUT2D eigenvalue weighted by Gasteiger charge is 2.52. The van der Waals surface area contributed by atoms with Crippen molar-refractivity contribution in [3.63, 3.8) is 0 Å². The first-order valence-electron chi connectivity index (χ1n) is 19.5. The molecule has 12 heteroatoms. The molecule has 2 fully saturated rings. The van der Waals surface area contributed by atoms with Crippen LogP contribution in [0.3, 0.4) is 0 Å². The molecule has 0 aliphatic carbocycles. The molecule has 59 heavy (non-hydrogen) atoms. The Bertz CT molecular complexity index is 2000. The molecule has 2 heterocycles. The smallest absolute Gasteiger partial charge is 0.338 e. The Morgan fingerprint density at radius 2 is 1.03 bits per heavy atom. The van der Waals surface area contributed by atoms with Gasteiger partial charge in [0.15, 0.2) is 24.8 Å². The predicted molar refractivity (Wildman–Crippen MR) is 214 cm³/mol. The highest BCUT2D eigenvalue weighted by atomic mass is 16.8. The van der Waals surface area contributed by atoms with Gasteiger partial charge in [-0.2, -0.15) is 0 Å². The van der Waals surface area contributed by atoms with Crippen LogP contribution < -0.4 is 0 Å². The van der Waals surface area contributed by atoms with Gasteiger partial charge < -0.3 is 47.7 Å². The molecule has 2 aliphatic heterocycles. The number of rotatable bonds is 17. The van der Waals surface area contributed by atoms with Crippen molar-refractivity contribution in [2.24, 2.45) is 0 Å². The van der Waals surface area contributed by atoms with Gasteiger partial charge in [-0.25, -0.2) is 9.59 Å². The molecular weight excluding hydrogens is 757 g/mol. The molecule has 0 spiro atoms. The molecule has 2 saturated heterocycles. The number of hydrogen-bond donors (Lipinski definition) is 1. The van der Waals surface area contributed by atoms with Gasteiger partial charge >= 0.3 is 11.9 Å². The highest BCUT2D eigenvalue weighted by Crippen LogP contribution is 2.33. The van der Waals surface area contributed by atoms with Gasteiger partial charge in [0, 0.05) is 7.11 Å². The number of esters is 2. The van der Waals surface area contributed by atoms with Crippen molar-refractivity contribution < 1.29 is 57.3 Å². The lowest BCUT2D eigenvalue weighted by molar-refractivity contribution is -0.352. The van der Waals surface area contributed by atoms with Crippen LogP contribution in [0.5, 0.6) is 0 Å². The second kappa shape index (κ2) is 21.1. The summed E-state index contributed by atoms with van der Waals surface area (Å²) in [5.74, 6) is -1.37. The van der Waals surface area contributed by atoms with Crippen LogP contribution in [0, 0.1) is 0 Å². The van der Waals surface area contributed by atoms with Gasteiger partial charge in [-0.05, 0) is 41.0 Å². The number of benzene rings is 5. The van der Waals surface area contributed by atoms with E-state index in [2.05, 4.69) is 0 Å². The van der Waals surface area contributed by atoms with Crippen molar-refractivity contribution in [1.82, 2.24) is 0 Å². The lowest BCUT2D eigenvalue weighted by Crippen LogP contribution is -2.64. The predicted octanol–water partition coefficient (Wildman–Crippen LogP) is 6.30. The maximum Gasteiger partial charge on any atom is 0.338 e. The summed E-state index contributed by atoms with van der Waals surface area (Å²) in [5.41, 5.74) is 3.23. The van der Waals surface area contributed by atoms with E-state index in [1.165, 1.54) is 7.11 Å². The number of aliphatic hydroxyl groups excluding tert-OH is 1. The second-order valence-electron chi connectivity index (χ2n) is 14.1. The lowest BCUT2D eigenvalue weighted by Gasteiger charge is -2.47. The average Bonchev–Trinajstić information content (AvgIpc) is 3.29. The summed E-state index contributed by atoms with van der Waals surface area (Å²) in [4.78, 5) is 27.3. The van der Waals surface area contributed by atoms with Crippen LogP contribution in [0.1, 0.15) is 37.4 Å². The van der Waals surface area contributed by atoms with E-state index < -0.39 is 67.2 Å². The number of hydrogen-bond acceptors (Lipinski definition) is 12. The third-order valence-corrected chi connectivity index (χ3v) is 10.0. The Balaban J connectivity index is 1.21. The van der Waals surface area contributed by atoms with Crippen LogP contribution in [0.25, 0.3) is 0 Å². The Hall–Kier alpha value is -5.28. The van der Waals surface area contributed by atoms with Crippen LogP contribution in [0.15, 0.2) is 152 Å². The third kappa shape index (κ3) is 11.3. The molecule has 0 amide bonds. The third-order valence-electron chi connectivity index (χ3n) is 10.0. The summed E-state index contributed by atoms with van der Waals surface area (Å²) in [6, 6.07) is 45.6. The van der Waals surface area contributed by atoms with Crippen molar-refractivity contribution >= 4 is 11.9 Å². The molecule has 0 bridgehead atoms. The van der Waals surface area contributed by atoms with Crippen LogP contribution in [0.2, 0.25) is 0 Å². The van der Waals surface area contributed by atoms with E-state index in [0.29, 0.717) is 0 Å². The number of aliphatic hydroxyl groups is 1. The Kier molecular flexibility index (Phi) is 15.0. The van der Waals surface area contributed by atoms with Crippen LogP contribution in [0.4, 0.5) is 0 Å². The Morgan fingerprint density at radius 3 is 1.54 bits per heavy atom. The molecular formula is C47H48O12. The topological polar surface area (TPSA) is 137 Å². The van der Waals surface area contributed by atoms with Gasteiger partial charge in [-0.15, -0.1) is 0 Å². The normalized spacial score (nSPS) is 25.5. The molecule has 2 aliphatic rings. The zero-order chi connectivity index (χ0) is 40.8. The minimum atomic E-state index is -1.29. The molecule has 7 rings (SSSR count). The average molecular weight is 805 g/mol. The fourth-order valence-corrected chi connectivity index (χ4v) is 6.94. The molecule has 5 aromatic carbocycles. The molecule has 308 valence electrons. The molecule has 0 saturated carbocycles. The molecule has 0 unspecified atom stereocenters. The zero-order valence-corrected chi connectivity index (χ0v) is 32.6. The van der Waals surface area contributed by atoms with E-state index in [4.69, 9.17) is 42.6 Å². The van der Waals surface area contributed by atoms with E-state index in [1.54, 1.807) is 60.7 Å². The van der Waals surface area contributed by atoms with Crippen molar-refractivity contribution in [2.75, 3.05) is 20.3 Å². The van der Waals surface area contributed by atoms with Crippen LogP contribution in [-0.4, -0.2) is 92.7 Å². The number of ether oxygens (including phenoxy) is 9. The van der Waals surface area contributed by atoms with Gasteiger partial charge in [0.1, 0.15) is 30.5 Å². The SMILES string of the molecule is CO[C@@H]1OC[C@@H](O[C@@H]2O[C@H](COCc3ccccc3)[C@@H](O)[C@H](OCc3ccccc3)[C@@H]2OCc2ccccc2)[C@H](OC(=O)c2ccccc2)[C@H]1OC(=O)c1ccccc1. The zero-order valence-electron chi connectivity index (χ0n) is 32.6. The first-order valence-corrected chi connectivity index (χ1v) is 19.5. The molecule has 9 atom stereocenters. The van der Waals surface area contributed by atoms with Gasteiger partial charge in [-0.3, -0.25) is 0 Å². The summed E-state index contributed by atoms with van der Waals surface area (Å²) < 4.78 is 56.4. The van der Waals surface area contributed by atoms with Crippen molar-refractivity contribution in [1.29, 1.82) is 0 Å². The summed E-state index contributed by atoms with van der Waals surface area (Å²) in [6.07, 6.45) is -10.2. The van der Waals surface area contributed by atoms with Gasteiger partial charge in [-0.1, -0.05) is 127 Å². The fraction of sp³-hybridized carbons (Fsp3) is 0.319. The van der Waals surface area contributed by atoms with Gasteiger partial charge in [0.25, 0.3) is 0 Å². The first-order chi connectivity index (χ1) is 29.0. The van der Waals surface area contributed by atoms with Gasteiger partial charge in [0.2, 0.25) is 0 Å².